The van der Waals surface area contributed by atoms with E-state index in [1.54, 1.807) is 38.5 Å². The van der Waals surface area contributed by atoms with E-state index in [0.29, 0.717) is 49.1 Å². The first-order valence-electron chi connectivity index (χ1n) is 9.81. The van der Waals surface area contributed by atoms with Crippen molar-refractivity contribution in [2.45, 2.75) is 13.5 Å². The van der Waals surface area contributed by atoms with Gasteiger partial charge in [0.05, 0.1) is 52.6 Å². The van der Waals surface area contributed by atoms with Crippen LogP contribution < -0.4 is 19.1 Å². The number of rotatable bonds is 7. The van der Waals surface area contributed by atoms with Crippen molar-refractivity contribution in [2.75, 3.05) is 47.0 Å². The Bertz CT molecular complexity index is 851. The molecule has 0 atom stereocenters. The van der Waals surface area contributed by atoms with Gasteiger partial charge in [0.25, 0.3) is 5.91 Å². The van der Waals surface area contributed by atoms with Gasteiger partial charge in [-0.25, -0.2) is 4.39 Å². The van der Waals surface area contributed by atoms with Gasteiger partial charge in [0.2, 0.25) is 0 Å². The molecule has 1 fully saturated rings. The number of carbonyl (C=O) groups excluding carboxylic acids is 1. The highest BCUT2D eigenvalue weighted by atomic mass is 19.1. The molecule has 1 N–H and O–H groups in total. The fourth-order valence-corrected chi connectivity index (χ4v) is 3.62. The van der Waals surface area contributed by atoms with E-state index in [2.05, 4.69) is 0 Å². The van der Waals surface area contributed by atoms with Gasteiger partial charge in [0, 0.05) is 5.56 Å². The molecular weight excluding hydrogens is 375 g/mol. The Morgan fingerprint density at radius 3 is 2.38 bits per heavy atom. The number of hydrogen-bond donors (Lipinski definition) is 1. The molecule has 0 bridgehead atoms. The molecule has 1 saturated heterocycles. The maximum absolute atomic E-state index is 13.6. The fraction of sp³-hybridized carbons (Fsp3) is 0.409. The normalized spacial score (nSPS) is 14.6. The summed E-state index contributed by atoms with van der Waals surface area (Å²) in [4.78, 5) is 16.0. The molecule has 0 radical (unpaired) electrons. The maximum atomic E-state index is 13.6. The van der Waals surface area contributed by atoms with Crippen molar-refractivity contribution in [3.8, 4) is 17.2 Å². The number of hydrogen-bond acceptors (Lipinski definition) is 4. The Hall–Kier alpha value is -2.80. The summed E-state index contributed by atoms with van der Waals surface area (Å²) >= 11 is 0. The quantitative estimate of drug-likeness (QED) is 0.766. The number of methoxy groups -OCH3 is 2. The first-order valence-corrected chi connectivity index (χ1v) is 9.81. The number of nitrogens with one attached hydrogen (secondary N) is 1. The van der Waals surface area contributed by atoms with E-state index >= 15 is 0 Å². The van der Waals surface area contributed by atoms with E-state index in [4.69, 9.17) is 14.2 Å². The minimum absolute atomic E-state index is 0.0197. The van der Waals surface area contributed by atoms with Crippen LogP contribution in [0.4, 0.5) is 4.39 Å². The predicted octanol–water partition coefficient (Wildman–Crippen LogP) is 1.78. The maximum Gasteiger partial charge on any atom is 0.254 e. The van der Waals surface area contributed by atoms with Crippen LogP contribution in [-0.4, -0.2) is 57.8 Å². The van der Waals surface area contributed by atoms with Crippen LogP contribution in [-0.2, 0) is 6.54 Å². The predicted molar refractivity (Wildman–Crippen MR) is 107 cm³/mol. The summed E-state index contributed by atoms with van der Waals surface area (Å²) in [7, 11) is 3.16. The molecule has 2 aromatic rings. The molecule has 0 aromatic heterocycles. The lowest BCUT2D eigenvalue weighted by molar-refractivity contribution is -0.917. The smallest absolute Gasteiger partial charge is 0.254 e. The summed E-state index contributed by atoms with van der Waals surface area (Å²) in [6.45, 7) is 5.96. The average molecular weight is 403 g/mol. The molecule has 1 aliphatic rings. The lowest BCUT2D eigenvalue weighted by Crippen LogP contribution is -3.13. The van der Waals surface area contributed by atoms with E-state index in [1.165, 1.54) is 17.0 Å². The van der Waals surface area contributed by atoms with Crippen molar-refractivity contribution in [1.29, 1.82) is 0 Å². The molecule has 3 rings (SSSR count). The number of benzene rings is 2. The summed E-state index contributed by atoms with van der Waals surface area (Å²) in [6.07, 6.45) is 0. The van der Waals surface area contributed by atoms with Crippen LogP contribution in [0.5, 0.6) is 17.2 Å². The third-order valence-corrected chi connectivity index (χ3v) is 5.15. The second kappa shape index (κ2) is 9.60. The lowest BCUT2D eigenvalue weighted by atomic mass is 10.1. The second-order valence-corrected chi connectivity index (χ2v) is 6.97. The monoisotopic (exact) mass is 403 g/mol. The zero-order valence-electron chi connectivity index (χ0n) is 17.2. The van der Waals surface area contributed by atoms with Crippen LogP contribution in [0.1, 0.15) is 22.8 Å². The average Bonchev–Trinajstić information content (AvgIpc) is 2.74. The summed E-state index contributed by atoms with van der Waals surface area (Å²) in [5.74, 6) is 1.59. The van der Waals surface area contributed by atoms with Gasteiger partial charge in [-0.15, -0.1) is 0 Å². The molecule has 1 heterocycles. The van der Waals surface area contributed by atoms with Gasteiger partial charge in [-0.1, -0.05) is 0 Å². The van der Waals surface area contributed by atoms with E-state index in [0.717, 1.165) is 18.7 Å². The van der Waals surface area contributed by atoms with Crippen molar-refractivity contribution < 1.29 is 28.3 Å². The van der Waals surface area contributed by atoms with E-state index in [1.807, 2.05) is 11.8 Å². The van der Waals surface area contributed by atoms with Crippen molar-refractivity contribution in [2.24, 2.45) is 0 Å². The molecule has 156 valence electrons. The summed E-state index contributed by atoms with van der Waals surface area (Å²) in [5.41, 5.74) is 1.43. The first kappa shape index (κ1) is 20.9. The Morgan fingerprint density at radius 1 is 1.03 bits per heavy atom. The van der Waals surface area contributed by atoms with Gasteiger partial charge in [0.1, 0.15) is 18.1 Å². The highest BCUT2D eigenvalue weighted by molar-refractivity contribution is 5.95. The Labute approximate surface area is 170 Å². The van der Waals surface area contributed by atoms with Crippen molar-refractivity contribution in [1.82, 2.24) is 4.90 Å². The molecule has 0 spiro atoms. The van der Waals surface area contributed by atoms with Gasteiger partial charge >= 0.3 is 0 Å². The van der Waals surface area contributed by atoms with Crippen LogP contribution >= 0.6 is 0 Å². The van der Waals surface area contributed by atoms with Crippen molar-refractivity contribution in [3.05, 3.63) is 53.3 Å². The molecule has 7 heteroatoms. The number of quaternary nitrogens is 1. The van der Waals surface area contributed by atoms with Crippen LogP contribution in [0.15, 0.2) is 36.4 Å². The zero-order valence-corrected chi connectivity index (χ0v) is 17.2. The fourth-order valence-electron chi connectivity index (χ4n) is 3.62. The molecule has 0 saturated carbocycles. The summed E-state index contributed by atoms with van der Waals surface area (Å²) in [6, 6.07) is 9.85. The highest BCUT2D eigenvalue weighted by Gasteiger charge is 2.26. The third kappa shape index (κ3) is 4.98. The van der Waals surface area contributed by atoms with Gasteiger partial charge in [-0.3, -0.25) is 4.79 Å². The van der Waals surface area contributed by atoms with E-state index < -0.39 is 0 Å². The second-order valence-electron chi connectivity index (χ2n) is 6.97. The van der Waals surface area contributed by atoms with E-state index in [9.17, 15) is 9.18 Å². The Kier molecular flexibility index (Phi) is 6.93. The minimum atomic E-state index is -0.265. The van der Waals surface area contributed by atoms with Gasteiger partial charge in [0.15, 0.2) is 11.5 Å². The number of nitrogens with zero attached hydrogens (tertiary/aromatic N) is 1. The molecule has 0 aliphatic carbocycles. The number of carbonyl (C=O) groups is 1. The standard InChI is InChI=1S/C22H27FN2O4/c1-4-29-20-7-5-16(14-21(20)28-3)22(26)25-11-9-24(10-12-25)15-17-13-18(23)6-8-19(17)27-2/h5-8,13-14H,4,9-12,15H2,1-3H3/p+1. The van der Waals surface area contributed by atoms with Gasteiger partial charge in [-0.2, -0.15) is 0 Å². The van der Waals surface area contributed by atoms with Gasteiger partial charge < -0.3 is 24.0 Å². The molecule has 0 unspecified atom stereocenters. The molecule has 1 amide bonds. The van der Waals surface area contributed by atoms with Gasteiger partial charge in [-0.05, 0) is 43.3 Å². The van der Waals surface area contributed by atoms with Crippen molar-refractivity contribution in [3.63, 3.8) is 0 Å². The topological polar surface area (TPSA) is 52.4 Å². The molecule has 1 aliphatic heterocycles. The lowest BCUT2D eigenvalue weighted by Gasteiger charge is -2.32. The van der Waals surface area contributed by atoms with E-state index in [-0.39, 0.29) is 11.7 Å². The zero-order chi connectivity index (χ0) is 20.8. The molecular formula is C22H28FN2O4+. The largest absolute Gasteiger partial charge is 0.496 e. The molecule has 2 aromatic carbocycles. The van der Waals surface area contributed by atoms with Crippen molar-refractivity contribution >= 4 is 5.91 Å². The van der Waals surface area contributed by atoms with Crippen LogP contribution in [0.3, 0.4) is 0 Å². The molecule has 29 heavy (non-hydrogen) atoms. The number of piperazine rings is 1. The Morgan fingerprint density at radius 2 is 1.72 bits per heavy atom. The first-order chi connectivity index (χ1) is 14.0. The number of amides is 1. The third-order valence-electron chi connectivity index (χ3n) is 5.15. The minimum Gasteiger partial charge on any atom is -0.496 e. The Balaban J connectivity index is 1.62. The summed E-state index contributed by atoms with van der Waals surface area (Å²) in [5, 5.41) is 0. The van der Waals surface area contributed by atoms with Crippen LogP contribution in [0, 0.1) is 5.82 Å². The molecule has 6 nitrogen and oxygen atoms in total. The number of ether oxygens (including phenoxy) is 3. The highest BCUT2D eigenvalue weighted by Crippen LogP contribution is 2.28. The number of halogens is 1. The van der Waals surface area contributed by atoms with Crippen LogP contribution in [0.25, 0.3) is 0 Å². The van der Waals surface area contributed by atoms with Crippen LogP contribution in [0.2, 0.25) is 0 Å². The SMILES string of the molecule is CCOc1ccc(C(=O)N2CC[NH+](Cc3cc(F)ccc3OC)CC2)cc1OC. The summed E-state index contributed by atoms with van der Waals surface area (Å²) < 4.78 is 29.8.